The number of ether oxygens (including phenoxy) is 1. The van der Waals surface area contributed by atoms with E-state index in [2.05, 4.69) is 5.32 Å². The highest BCUT2D eigenvalue weighted by Crippen LogP contribution is 2.32. The molecule has 2 heterocycles. The summed E-state index contributed by atoms with van der Waals surface area (Å²) in [5, 5.41) is 2.77. The summed E-state index contributed by atoms with van der Waals surface area (Å²) in [6.45, 7) is 2.40. The average molecular weight is 445 g/mol. The van der Waals surface area contributed by atoms with Crippen LogP contribution in [0.5, 0.6) is 0 Å². The number of hydrogen-bond acceptors (Lipinski definition) is 7. The second kappa shape index (κ2) is 10.2. The lowest BCUT2D eigenvalue weighted by atomic mass is 10.2. The number of carbonyl (C=O) groups is 3. The van der Waals surface area contributed by atoms with Crippen molar-refractivity contribution in [2.75, 3.05) is 18.5 Å². The predicted octanol–water partition coefficient (Wildman–Crippen LogP) is 4.08. The van der Waals surface area contributed by atoms with Gasteiger partial charge in [0.2, 0.25) is 5.91 Å². The highest BCUT2D eigenvalue weighted by Gasteiger charge is 2.31. The zero-order valence-corrected chi connectivity index (χ0v) is 17.9. The summed E-state index contributed by atoms with van der Waals surface area (Å²) < 4.78 is 10.6. The number of nitrogens with one attached hydrogen (secondary N) is 1. The Bertz CT molecular complexity index is 968. The van der Waals surface area contributed by atoms with Crippen LogP contribution in [0.3, 0.4) is 0 Å². The molecule has 0 aliphatic carbocycles. The molecule has 2 amide bonds. The largest absolute Gasteiger partial charge is 0.465 e. The number of amides is 2. The maximum absolute atomic E-state index is 12.5. The van der Waals surface area contributed by atoms with E-state index in [0.717, 1.165) is 0 Å². The molecule has 9 heteroatoms. The van der Waals surface area contributed by atoms with Crippen molar-refractivity contribution in [3.05, 3.63) is 58.9 Å². The highest BCUT2D eigenvalue weighted by atomic mass is 32.2. The third-order valence-corrected chi connectivity index (χ3v) is 5.53. The van der Waals surface area contributed by atoms with E-state index in [9.17, 15) is 14.4 Å². The summed E-state index contributed by atoms with van der Waals surface area (Å²) in [5.74, 6) is -0.185. The van der Waals surface area contributed by atoms with Crippen LogP contribution < -0.4 is 5.32 Å². The minimum Gasteiger partial charge on any atom is -0.465 e. The van der Waals surface area contributed by atoms with Crippen molar-refractivity contribution < 1.29 is 23.5 Å². The number of nitrogens with zero attached hydrogens (tertiary/aromatic N) is 1. The Hall–Kier alpha value is -2.91. The van der Waals surface area contributed by atoms with Gasteiger partial charge in [-0.25, -0.2) is 4.79 Å². The van der Waals surface area contributed by atoms with E-state index < -0.39 is 5.97 Å². The maximum atomic E-state index is 12.5. The fourth-order valence-electron chi connectivity index (χ4n) is 2.72. The quantitative estimate of drug-likeness (QED) is 0.373. The van der Waals surface area contributed by atoms with Crippen molar-refractivity contribution in [1.82, 2.24) is 4.90 Å². The second-order valence-corrected chi connectivity index (χ2v) is 7.97. The number of thiocarbonyl (C=S) groups is 1. The molecule has 1 aromatic heterocycles. The van der Waals surface area contributed by atoms with Crippen LogP contribution in [0, 0.1) is 0 Å². The van der Waals surface area contributed by atoms with Crippen molar-refractivity contribution in [2.24, 2.45) is 0 Å². The van der Waals surface area contributed by atoms with Gasteiger partial charge in [0.1, 0.15) is 10.1 Å². The van der Waals surface area contributed by atoms with Gasteiger partial charge in [-0.15, -0.1) is 0 Å². The van der Waals surface area contributed by atoms with E-state index in [0.29, 0.717) is 45.8 Å². The van der Waals surface area contributed by atoms with Crippen LogP contribution in [-0.4, -0.2) is 40.2 Å². The van der Waals surface area contributed by atoms with Crippen LogP contribution in [0.25, 0.3) is 6.08 Å². The number of benzene rings is 1. The summed E-state index contributed by atoms with van der Waals surface area (Å²) in [7, 11) is 0. The third-order valence-electron chi connectivity index (χ3n) is 4.16. The van der Waals surface area contributed by atoms with Gasteiger partial charge >= 0.3 is 5.97 Å². The summed E-state index contributed by atoms with van der Waals surface area (Å²) in [6.07, 6.45) is 3.89. The second-order valence-electron chi connectivity index (χ2n) is 6.30. The van der Waals surface area contributed by atoms with Crippen molar-refractivity contribution in [1.29, 1.82) is 0 Å². The number of hydrogen-bond donors (Lipinski definition) is 1. The first-order valence-corrected chi connectivity index (χ1v) is 10.6. The zero-order chi connectivity index (χ0) is 21.5. The van der Waals surface area contributed by atoms with Crippen LogP contribution in [0.2, 0.25) is 0 Å². The Kier molecular flexibility index (Phi) is 7.42. The standard InChI is InChI=1S/C21H20N2O5S2/c1-2-27-20(26)14-7-9-15(10-8-14)22-18(24)6-3-11-23-19(25)17(30-21(23)29)13-16-5-4-12-28-16/h4-5,7-10,12-13H,2-3,6,11H2,1H3,(H,22,24)/b17-13+. The molecule has 0 radical (unpaired) electrons. The van der Waals surface area contributed by atoms with E-state index in [1.165, 1.54) is 22.9 Å². The van der Waals surface area contributed by atoms with E-state index >= 15 is 0 Å². The molecule has 0 unspecified atom stereocenters. The molecule has 1 aliphatic rings. The molecule has 7 nitrogen and oxygen atoms in total. The van der Waals surface area contributed by atoms with Gasteiger partial charge in [0, 0.05) is 24.7 Å². The van der Waals surface area contributed by atoms with E-state index in [1.54, 1.807) is 49.4 Å². The zero-order valence-electron chi connectivity index (χ0n) is 16.3. The number of rotatable bonds is 8. The lowest BCUT2D eigenvalue weighted by Gasteiger charge is -2.14. The number of carbonyl (C=O) groups excluding carboxylic acids is 3. The fraction of sp³-hybridized carbons (Fsp3) is 0.238. The number of thioether (sulfide) groups is 1. The van der Waals surface area contributed by atoms with Gasteiger partial charge in [-0.2, -0.15) is 0 Å². The first-order valence-electron chi connectivity index (χ1n) is 9.34. The molecule has 1 N–H and O–H groups in total. The van der Waals surface area contributed by atoms with Gasteiger partial charge in [-0.05, 0) is 49.7 Å². The molecule has 1 aliphatic heterocycles. The lowest BCUT2D eigenvalue weighted by molar-refractivity contribution is -0.122. The van der Waals surface area contributed by atoms with Gasteiger partial charge in [0.25, 0.3) is 5.91 Å². The third kappa shape index (κ3) is 5.58. The van der Waals surface area contributed by atoms with E-state index in [-0.39, 0.29) is 18.2 Å². The molecule has 30 heavy (non-hydrogen) atoms. The van der Waals surface area contributed by atoms with Gasteiger partial charge in [-0.3, -0.25) is 14.5 Å². The smallest absolute Gasteiger partial charge is 0.338 e. The predicted molar refractivity (Wildman–Crippen MR) is 119 cm³/mol. The molecule has 0 atom stereocenters. The molecule has 1 aromatic carbocycles. The normalized spacial score (nSPS) is 15.0. The van der Waals surface area contributed by atoms with E-state index in [1.807, 2.05) is 0 Å². The first-order chi connectivity index (χ1) is 14.5. The topological polar surface area (TPSA) is 88.9 Å². The van der Waals surface area contributed by atoms with Crippen molar-refractivity contribution in [3.8, 4) is 0 Å². The van der Waals surface area contributed by atoms with Crippen LogP contribution in [0.1, 0.15) is 35.9 Å². The minimum absolute atomic E-state index is 0.184. The summed E-state index contributed by atoms with van der Waals surface area (Å²) in [6, 6.07) is 9.99. The molecule has 1 saturated heterocycles. The van der Waals surface area contributed by atoms with Crippen LogP contribution in [-0.2, 0) is 14.3 Å². The molecule has 156 valence electrons. The van der Waals surface area contributed by atoms with Gasteiger partial charge < -0.3 is 14.5 Å². The van der Waals surface area contributed by atoms with E-state index in [4.69, 9.17) is 21.4 Å². The molecule has 2 aromatic rings. The minimum atomic E-state index is -0.403. The van der Waals surface area contributed by atoms with Crippen molar-refractivity contribution in [2.45, 2.75) is 19.8 Å². The SMILES string of the molecule is CCOC(=O)c1ccc(NC(=O)CCCN2C(=O)/C(=C\c3ccco3)SC2=S)cc1. The molecule has 0 spiro atoms. The van der Waals surface area contributed by atoms with Crippen LogP contribution >= 0.6 is 24.0 Å². The first kappa shape index (κ1) is 21.8. The Morgan fingerprint density at radius 3 is 2.70 bits per heavy atom. The average Bonchev–Trinajstić information content (AvgIpc) is 3.32. The van der Waals surface area contributed by atoms with Crippen molar-refractivity contribution >= 4 is 57.8 Å². The monoisotopic (exact) mass is 444 g/mol. The molecular formula is C21H20N2O5S2. The molecule has 3 rings (SSSR count). The number of furan rings is 1. The van der Waals surface area contributed by atoms with Gasteiger partial charge in [-0.1, -0.05) is 24.0 Å². The lowest BCUT2D eigenvalue weighted by Crippen LogP contribution is -2.29. The molecule has 0 saturated carbocycles. The van der Waals surface area contributed by atoms with Crippen LogP contribution in [0.4, 0.5) is 5.69 Å². The van der Waals surface area contributed by atoms with Crippen LogP contribution in [0.15, 0.2) is 52.0 Å². The Morgan fingerprint density at radius 1 is 1.27 bits per heavy atom. The van der Waals surface area contributed by atoms with Gasteiger partial charge in [0.05, 0.1) is 23.3 Å². The number of esters is 1. The fourth-order valence-corrected chi connectivity index (χ4v) is 4.01. The summed E-state index contributed by atoms with van der Waals surface area (Å²) in [5.41, 5.74) is 1.01. The number of anilines is 1. The summed E-state index contributed by atoms with van der Waals surface area (Å²) in [4.78, 5) is 38.3. The Morgan fingerprint density at radius 2 is 2.03 bits per heavy atom. The Balaban J connectivity index is 1.47. The molecular weight excluding hydrogens is 424 g/mol. The Labute approximate surface area is 183 Å². The van der Waals surface area contributed by atoms with Gasteiger partial charge in [0.15, 0.2) is 0 Å². The van der Waals surface area contributed by atoms with Crippen molar-refractivity contribution in [3.63, 3.8) is 0 Å². The summed E-state index contributed by atoms with van der Waals surface area (Å²) >= 11 is 6.50. The molecule has 1 fully saturated rings. The highest BCUT2D eigenvalue weighted by molar-refractivity contribution is 8.26. The molecule has 0 bridgehead atoms. The maximum Gasteiger partial charge on any atom is 0.338 e.